The fourth-order valence-corrected chi connectivity index (χ4v) is 1.90. The van der Waals surface area contributed by atoms with Gasteiger partial charge >= 0.3 is 6.09 Å². The summed E-state index contributed by atoms with van der Waals surface area (Å²) in [5.74, 6) is 0. The van der Waals surface area contributed by atoms with Gasteiger partial charge in [0.2, 0.25) is 0 Å². The predicted molar refractivity (Wildman–Crippen MR) is 41.4 cm³/mol. The van der Waals surface area contributed by atoms with E-state index in [1.165, 1.54) is 0 Å². The zero-order valence-electron chi connectivity index (χ0n) is 5.80. The minimum atomic E-state index is -3.61. The minimum absolute atomic E-state index is 0.156. The molecule has 1 fully saturated rings. The van der Waals surface area contributed by atoms with E-state index in [1.807, 2.05) is 0 Å². The SMILES string of the molecule is CC1CN(P(O)(O)=S)C(=O)O1. The Morgan fingerprint density at radius 1 is 1.82 bits per heavy atom. The van der Waals surface area contributed by atoms with Crippen molar-refractivity contribution in [2.75, 3.05) is 6.54 Å². The molecule has 0 bridgehead atoms. The lowest BCUT2D eigenvalue weighted by Gasteiger charge is -2.16. The highest BCUT2D eigenvalue weighted by Crippen LogP contribution is 2.43. The molecule has 7 heteroatoms. The molecule has 2 N–H and O–H groups in total. The summed E-state index contributed by atoms with van der Waals surface area (Å²) in [7, 11) is 0. The van der Waals surface area contributed by atoms with Gasteiger partial charge in [0.1, 0.15) is 6.10 Å². The van der Waals surface area contributed by atoms with Gasteiger partial charge in [0.15, 0.2) is 0 Å². The molecule has 11 heavy (non-hydrogen) atoms. The van der Waals surface area contributed by atoms with Gasteiger partial charge in [-0.3, -0.25) is 0 Å². The molecule has 0 saturated carbocycles. The predicted octanol–water partition coefficient (Wildman–Crippen LogP) is 0.0362. The van der Waals surface area contributed by atoms with E-state index >= 15 is 0 Å². The Labute approximate surface area is 68.8 Å². The largest absolute Gasteiger partial charge is 0.444 e. The minimum Gasteiger partial charge on any atom is -0.444 e. The first-order valence-corrected chi connectivity index (χ1v) is 5.61. The topological polar surface area (TPSA) is 70.0 Å². The van der Waals surface area contributed by atoms with Gasteiger partial charge in [-0.1, -0.05) is 0 Å². The highest BCUT2D eigenvalue weighted by Gasteiger charge is 2.36. The molecule has 1 saturated heterocycles. The highest BCUT2D eigenvalue weighted by molar-refractivity contribution is 8.08. The smallest absolute Gasteiger partial charge is 0.417 e. The summed E-state index contributed by atoms with van der Waals surface area (Å²) in [6.07, 6.45) is -1.06. The van der Waals surface area contributed by atoms with Gasteiger partial charge in [-0.25, -0.2) is 9.46 Å². The van der Waals surface area contributed by atoms with Gasteiger partial charge in [0.05, 0.1) is 6.54 Å². The van der Waals surface area contributed by atoms with Crippen molar-refractivity contribution in [2.24, 2.45) is 0 Å². The van der Waals surface area contributed by atoms with Crippen LogP contribution in [0.25, 0.3) is 0 Å². The first kappa shape index (κ1) is 8.93. The van der Waals surface area contributed by atoms with Crippen LogP contribution >= 0.6 is 6.64 Å². The van der Waals surface area contributed by atoms with Crippen LogP contribution in [0.4, 0.5) is 4.79 Å². The summed E-state index contributed by atoms with van der Waals surface area (Å²) in [6, 6.07) is 0. The average molecular weight is 197 g/mol. The van der Waals surface area contributed by atoms with Crippen molar-refractivity contribution in [3.8, 4) is 0 Å². The third-order valence-electron chi connectivity index (χ3n) is 1.26. The monoisotopic (exact) mass is 197 g/mol. The number of ether oxygens (including phenoxy) is 1. The zero-order valence-corrected chi connectivity index (χ0v) is 7.51. The van der Waals surface area contributed by atoms with Crippen LogP contribution in [0.1, 0.15) is 6.92 Å². The normalized spacial score (nSPS) is 25.5. The molecule has 5 nitrogen and oxygen atoms in total. The Bertz CT molecular complexity index is 226. The molecule has 0 aliphatic carbocycles. The molecular formula is C4H8NO4PS. The standard InChI is InChI=1S/C4H8NO4PS/c1-3-2-5(4(6)9-3)10(7,8)11/h3H,2H2,1H3,(H2,7,8,11). The molecule has 0 spiro atoms. The van der Waals surface area contributed by atoms with Crippen LogP contribution in [-0.4, -0.2) is 33.2 Å². The van der Waals surface area contributed by atoms with Crippen molar-refractivity contribution in [2.45, 2.75) is 13.0 Å². The first-order valence-electron chi connectivity index (χ1n) is 2.95. The van der Waals surface area contributed by atoms with Crippen LogP contribution in [-0.2, 0) is 16.5 Å². The molecule has 1 atom stereocenters. The van der Waals surface area contributed by atoms with Crippen molar-refractivity contribution in [1.29, 1.82) is 0 Å². The molecule has 0 aromatic rings. The summed E-state index contributed by atoms with van der Waals surface area (Å²) in [5.41, 5.74) is 0. The highest BCUT2D eigenvalue weighted by atomic mass is 32.5. The second kappa shape index (κ2) is 2.71. The summed E-state index contributed by atoms with van der Waals surface area (Å²) >= 11 is 4.32. The Kier molecular flexibility index (Phi) is 2.20. The molecule has 1 heterocycles. The van der Waals surface area contributed by atoms with Gasteiger partial charge < -0.3 is 14.5 Å². The Morgan fingerprint density at radius 3 is 2.55 bits per heavy atom. The molecule has 0 aromatic carbocycles. The molecule has 0 aromatic heterocycles. The van der Waals surface area contributed by atoms with Gasteiger partial charge in [0, 0.05) is 0 Å². The molecule has 0 radical (unpaired) electrons. The summed E-state index contributed by atoms with van der Waals surface area (Å²) in [4.78, 5) is 28.6. The van der Waals surface area contributed by atoms with Crippen molar-refractivity contribution in [3.63, 3.8) is 0 Å². The van der Waals surface area contributed by atoms with E-state index in [1.54, 1.807) is 6.92 Å². The quantitative estimate of drug-likeness (QED) is 0.580. The molecule has 1 amide bonds. The van der Waals surface area contributed by atoms with E-state index in [0.717, 1.165) is 4.67 Å². The second-order valence-electron chi connectivity index (χ2n) is 2.29. The van der Waals surface area contributed by atoms with E-state index in [0.29, 0.717) is 0 Å². The zero-order chi connectivity index (χ0) is 8.65. The van der Waals surface area contributed by atoms with Gasteiger partial charge in [-0.05, 0) is 18.7 Å². The molecule has 1 aliphatic rings. The lowest BCUT2D eigenvalue weighted by atomic mass is 10.4. The van der Waals surface area contributed by atoms with E-state index in [-0.39, 0.29) is 12.6 Å². The van der Waals surface area contributed by atoms with Crippen molar-refractivity contribution < 1.29 is 19.3 Å². The summed E-state index contributed by atoms with van der Waals surface area (Å²) < 4.78 is 5.41. The van der Waals surface area contributed by atoms with Crippen LogP contribution in [0, 0.1) is 0 Å². The fraction of sp³-hybridized carbons (Fsp3) is 0.750. The maximum atomic E-state index is 10.8. The van der Waals surface area contributed by atoms with Gasteiger partial charge in [-0.15, -0.1) is 0 Å². The van der Waals surface area contributed by atoms with Crippen molar-refractivity contribution in [3.05, 3.63) is 0 Å². The van der Waals surface area contributed by atoms with E-state index < -0.39 is 12.7 Å². The van der Waals surface area contributed by atoms with Gasteiger partial charge in [0.25, 0.3) is 6.64 Å². The number of hydrogen-bond acceptors (Lipinski definition) is 3. The summed E-state index contributed by atoms with van der Waals surface area (Å²) in [5, 5.41) is 0. The number of cyclic esters (lactones) is 1. The number of carbonyl (C=O) groups excluding carboxylic acids is 1. The van der Waals surface area contributed by atoms with E-state index in [4.69, 9.17) is 9.79 Å². The number of hydrogen-bond donors (Lipinski definition) is 2. The van der Waals surface area contributed by atoms with E-state index in [9.17, 15) is 4.79 Å². The Balaban J connectivity index is 2.76. The number of amides is 1. The maximum absolute atomic E-state index is 10.8. The molecule has 1 aliphatic heterocycles. The van der Waals surface area contributed by atoms with Crippen LogP contribution in [0.3, 0.4) is 0 Å². The Morgan fingerprint density at radius 2 is 2.36 bits per heavy atom. The number of rotatable bonds is 1. The number of nitrogens with zero attached hydrogens (tertiary/aromatic N) is 1. The van der Waals surface area contributed by atoms with Crippen molar-refractivity contribution in [1.82, 2.24) is 4.67 Å². The maximum Gasteiger partial charge on any atom is 0.417 e. The van der Waals surface area contributed by atoms with E-state index in [2.05, 4.69) is 16.5 Å². The number of carbonyl (C=O) groups is 1. The second-order valence-corrected chi connectivity index (χ2v) is 5.27. The third-order valence-corrected chi connectivity index (χ3v) is 2.80. The molecule has 1 unspecified atom stereocenters. The molecule has 64 valence electrons. The van der Waals surface area contributed by atoms with Crippen LogP contribution in [0.5, 0.6) is 0 Å². The molecular weight excluding hydrogens is 189 g/mol. The third kappa shape index (κ3) is 1.90. The first-order chi connectivity index (χ1) is 4.91. The van der Waals surface area contributed by atoms with Gasteiger partial charge in [-0.2, -0.15) is 0 Å². The summed E-state index contributed by atoms with van der Waals surface area (Å²) in [6.45, 7) is -1.80. The Hall–Kier alpha value is -0.160. The van der Waals surface area contributed by atoms with Crippen LogP contribution in [0.2, 0.25) is 0 Å². The van der Waals surface area contributed by atoms with Crippen molar-refractivity contribution >= 4 is 24.5 Å². The lowest BCUT2D eigenvalue weighted by molar-refractivity contribution is 0.143. The molecule has 1 rings (SSSR count). The van der Waals surface area contributed by atoms with Crippen LogP contribution in [0.15, 0.2) is 0 Å². The average Bonchev–Trinajstić information content (AvgIpc) is 2.08. The van der Waals surface area contributed by atoms with Crippen LogP contribution < -0.4 is 0 Å². The fourth-order valence-electron chi connectivity index (χ4n) is 0.801. The lowest BCUT2D eigenvalue weighted by Crippen LogP contribution is -2.20.